The maximum Gasteiger partial charge on any atom is 0.158 e. The van der Waals surface area contributed by atoms with E-state index in [0.29, 0.717) is 22.7 Å². The Morgan fingerprint density at radius 2 is 2.00 bits per heavy atom. The van der Waals surface area contributed by atoms with Gasteiger partial charge in [0.2, 0.25) is 0 Å². The summed E-state index contributed by atoms with van der Waals surface area (Å²) in [7, 11) is 1.63. The van der Waals surface area contributed by atoms with Gasteiger partial charge in [-0.1, -0.05) is 28.9 Å². The fourth-order valence-corrected chi connectivity index (χ4v) is 2.45. The summed E-state index contributed by atoms with van der Waals surface area (Å²) in [5.41, 5.74) is 2.31. The third-order valence-electron chi connectivity index (χ3n) is 3.43. The first kappa shape index (κ1) is 13.8. The standard InChI is InChI=1S/C16H14ClNO3/c1-20-12-5-2-10(3-6-12)16-9-14(18-21-16)13-8-11(17)4-7-15(13)19/h2-8,16,19H,9H2,1H3. The van der Waals surface area contributed by atoms with Gasteiger partial charge in [0.05, 0.1) is 12.8 Å². The molecule has 0 saturated heterocycles. The summed E-state index contributed by atoms with van der Waals surface area (Å²) in [6.45, 7) is 0. The zero-order valence-electron chi connectivity index (χ0n) is 11.4. The average molecular weight is 304 g/mol. The second-order valence-electron chi connectivity index (χ2n) is 4.77. The Hall–Kier alpha value is -2.20. The molecular weight excluding hydrogens is 290 g/mol. The van der Waals surface area contributed by atoms with Crippen LogP contribution in [0.25, 0.3) is 0 Å². The first-order valence-electron chi connectivity index (χ1n) is 6.53. The molecule has 0 saturated carbocycles. The molecule has 1 atom stereocenters. The van der Waals surface area contributed by atoms with Crippen molar-refractivity contribution in [2.24, 2.45) is 5.16 Å². The van der Waals surface area contributed by atoms with Crippen LogP contribution in [-0.4, -0.2) is 17.9 Å². The Kier molecular flexibility index (Phi) is 3.71. The minimum atomic E-state index is -0.163. The van der Waals surface area contributed by atoms with E-state index in [1.54, 1.807) is 25.3 Å². The first-order chi connectivity index (χ1) is 10.2. The molecule has 0 spiro atoms. The lowest BCUT2D eigenvalue weighted by Crippen LogP contribution is -2.02. The fourth-order valence-electron chi connectivity index (χ4n) is 2.27. The van der Waals surface area contributed by atoms with Gasteiger partial charge in [-0.25, -0.2) is 0 Å². The normalized spacial score (nSPS) is 17.2. The molecule has 1 N–H and O–H groups in total. The van der Waals surface area contributed by atoms with Crippen molar-refractivity contribution in [3.05, 3.63) is 58.6 Å². The van der Waals surface area contributed by atoms with Crippen LogP contribution in [0.1, 0.15) is 23.7 Å². The van der Waals surface area contributed by atoms with Crippen molar-refractivity contribution >= 4 is 17.3 Å². The van der Waals surface area contributed by atoms with Crippen LogP contribution in [0, 0.1) is 0 Å². The van der Waals surface area contributed by atoms with Gasteiger partial charge < -0.3 is 14.7 Å². The third kappa shape index (κ3) is 2.81. The number of hydrogen-bond acceptors (Lipinski definition) is 4. The van der Waals surface area contributed by atoms with Crippen molar-refractivity contribution in [2.75, 3.05) is 7.11 Å². The number of halogens is 1. The number of ether oxygens (including phenoxy) is 1. The van der Waals surface area contributed by atoms with E-state index in [-0.39, 0.29) is 11.9 Å². The van der Waals surface area contributed by atoms with Crippen LogP contribution >= 0.6 is 11.6 Å². The Labute approximate surface area is 127 Å². The van der Waals surface area contributed by atoms with Gasteiger partial charge in [-0.15, -0.1) is 0 Å². The zero-order chi connectivity index (χ0) is 14.8. The molecule has 0 aromatic heterocycles. The monoisotopic (exact) mass is 303 g/mol. The summed E-state index contributed by atoms with van der Waals surface area (Å²) in [5, 5.41) is 14.5. The molecule has 3 rings (SSSR count). The second kappa shape index (κ2) is 5.66. The molecule has 0 amide bonds. The number of rotatable bonds is 3. The van der Waals surface area contributed by atoms with E-state index in [4.69, 9.17) is 21.2 Å². The predicted molar refractivity (Wildman–Crippen MR) is 81.1 cm³/mol. The average Bonchev–Trinajstić information content (AvgIpc) is 2.99. The third-order valence-corrected chi connectivity index (χ3v) is 3.66. The van der Waals surface area contributed by atoms with Gasteiger partial charge in [0.25, 0.3) is 0 Å². The minimum Gasteiger partial charge on any atom is -0.507 e. The van der Waals surface area contributed by atoms with Crippen LogP contribution in [0.5, 0.6) is 11.5 Å². The van der Waals surface area contributed by atoms with Gasteiger partial charge >= 0.3 is 0 Å². The molecule has 1 aliphatic rings. The van der Waals surface area contributed by atoms with Crippen molar-refractivity contribution in [3.8, 4) is 11.5 Å². The van der Waals surface area contributed by atoms with Crippen molar-refractivity contribution in [1.82, 2.24) is 0 Å². The van der Waals surface area contributed by atoms with E-state index in [9.17, 15) is 5.11 Å². The number of phenolic OH excluding ortho intramolecular Hbond substituents is 1. The smallest absolute Gasteiger partial charge is 0.158 e. The van der Waals surface area contributed by atoms with Crippen molar-refractivity contribution in [1.29, 1.82) is 0 Å². The summed E-state index contributed by atoms with van der Waals surface area (Å²) in [4.78, 5) is 5.47. The SMILES string of the molecule is COc1ccc(C2CC(c3cc(Cl)ccc3O)=NO2)cc1. The zero-order valence-corrected chi connectivity index (χ0v) is 12.2. The quantitative estimate of drug-likeness (QED) is 0.935. The van der Waals surface area contributed by atoms with Gasteiger partial charge in [-0.2, -0.15) is 0 Å². The molecule has 2 aromatic carbocycles. The Balaban J connectivity index is 1.79. The van der Waals surface area contributed by atoms with E-state index in [2.05, 4.69) is 5.16 Å². The minimum absolute atomic E-state index is 0.150. The molecule has 1 unspecified atom stereocenters. The van der Waals surface area contributed by atoms with E-state index in [1.165, 1.54) is 0 Å². The summed E-state index contributed by atoms with van der Waals surface area (Å²) in [6.07, 6.45) is 0.421. The van der Waals surface area contributed by atoms with E-state index in [1.807, 2.05) is 24.3 Å². The molecule has 4 nitrogen and oxygen atoms in total. The van der Waals surface area contributed by atoms with Crippen LogP contribution in [0.3, 0.4) is 0 Å². The number of benzene rings is 2. The van der Waals surface area contributed by atoms with Crippen LogP contribution in [0.4, 0.5) is 0 Å². The molecule has 0 bridgehead atoms. The molecule has 1 aliphatic heterocycles. The lowest BCUT2D eigenvalue weighted by atomic mass is 10.00. The van der Waals surface area contributed by atoms with Crippen LogP contribution in [-0.2, 0) is 4.84 Å². The number of phenols is 1. The molecule has 1 heterocycles. The maximum atomic E-state index is 9.91. The number of hydrogen-bond donors (Lipinski definition) is 1. The van der Waals surface area contributed by atoms with Crippen molar-refractivity contribution in [2.45, 2.75) is 12.5 Å². The highest BCUT2D eigenvalue weighted by Gasteiger charge is 2.25. The summed E-state index contributed by atoms with van der Waals surface area (Å²) >= 11 is 5.96. The first-order valence-corrected chi connectivity index (χ1v) is 6.90. The van der Waals surface area contributed by atoms with Crippen molar-refractivity contribution in [3.63, 3.8) is 0 Å². The fraction of sp³-hybridized carbons (Fsp3) is 0.188. The second-order valence-corrected chi connectivity index (χ2v) is 5.21. The number of aromatic hydroxyl groups is 1. The lowest BCUT2D eigenvalue weighted by molar-refractivity contribution is 0.0857. The van der Waals surface area contributed by atoms with E-state index < -0.39 is 0 Å². The molecule has 108 valence electrons. The summed E-state index contributed by atoms with van der Waals surface area (Å²) < 4.78 is 5.13. The molecule has 0 fully saturated rings. The Morgan fingerprint density at radius 1 is 1.24 bits per heavy atom. The summed E-state index contributed by atoms with van der Waals surface area (Å²) in [6, 6.07) is 12.5. The molecular formula is C16H14ClNO3. The largest absolute Gasteiger partial charge is 0.507 e. The highest BCUT2D eigenvalue weighted by Crippen LogP contribution is 2.33. The van der Waals surface area contributed by atoms with Gasteiger partial charge in [0, 0.05) is 17.0 Å². The Bertz CT molecular complexity index is 682. The van der Waals surface area contributed by atoms with Gasteiger partial charge in [0.1, 0.15) is 11.5 Å². The number of nitrogens with zero attached hydrogens (tertiary/aromatic N) is 1. The van der Waals surface area contributed by atoms with Gasteiger partial charge in [-0.3, -0.25) is 0 Å². The van der Waals surface area contributed by atoms with Gasteiger partial charge in [0.15, 0.2) is 6.10 Å². The van der Waals surface area contributed by atoms with Gasteiger partial charge in [-0.05, 0) is 35.9 Å². The highest BCUT2D eigenvalue weighted by atomic mass is 35.5. The highest BCUT2D eigenvalue weighted by molar-refractivity contribution is 6.31. The topological polar surface area (TPSA) is 51.0 Å². The van der Waals surface area contributed by atoms with Crippen molar-refractivity contribution < 1.29 is 14.7 Å². The van der Waals surface area contributed by atoms with E-state index >= 15 is 0 Å². The predicted octanol–water partition coefficient (Wildman–Crippen LogP) is 3.92. The van der Waals surface area contributed by atoms with E-state index in [0.717, 1.165) is 11.3 Å². The number of oxime groups is 1. The molecule has 5 heteroatoms. The molecule has 2 aromatic rings. The Morgan fingerprint density at radius 3 is 2.71 bits per heavy atom. The lowest BCUT2D eigenvalue weighted by Gasteiger charge is -2.09. The molecule has 21 heavy (non-hydrogen) atoms. The summed E-state index contributed by atoms with van der Waals surface area (Å²) in [5.74, 6) is 0.947. The number of methoxy groups -OCH3 is 1. The van der Waals surface area contributed by atoms with Crippen LogP contribution in [0.15, 0.2) is 47.6 Å². The van der Waals surface area contributed by atoms with Crippen LogP contribution in [0.2, 0.25) is 5.02 Å². The molecule has 0 radical (unpaired) electrons. The maximum absolute atomic E-state index is 9.91. The van der Waals surface area contributed by atoms with Crippen LogP contribution < -0.4 is 4.74 Å². The molecule has 0 aliphatic carbocycles.